The largest absolute Gasteiger partial charge is 0.369 e. The number of aromatic nitrogens is 1. The summed E-state index contributed by atoms with van der Waals surface area (Å²) in [7, 11) is 0. The number of hydrogen-bond donors (Lipinski definition) is 4. The van der Waals surface area contributed by atoms with E-state index < -0.39 is 0 Å². The molecular formula is C21H37N5O. The Morgan fingerprint density at radius 2 is 2.00 bits per heavy atom. The number of carbonyl (C=O) groups excluding carboxylic acids is 1. The molecule has 1 aromatic rings. The first-order valence-electron chi connectivity index (χ1n) is 10.6. The van der Waals surface area contributed by atoms with E-state index in [1.165, 1.54) is 32.1 Å². The number of nitrogens with two attached hydrogens (primary N) is 1. The van der Waals surface area contributed by atoms with Crippen LogP contribution in [0.1, 0.15) is 81.1 Å². The first-order chi connectivity index (χ1) is 13.0. The molecule has 6 heteroatoms. The summed E-state index contributed by atoms with van der Waals surface area (Å²) in [6.07, 6.45) is 10.9. The second kappa shape index (κ2) is 11.2. The summed E-state index contributed by atoms with van der Waals surface area (Å²) < 4.78 is 0. The van der Waals surface area contributed by atoms with Gasteiger partial charge in [0.15, 0.2) is 0 Å². The third-order valence-electron chi connectivity index (χ3n) is 5.38. The first-order valence-corrected chi connectivity index (χ1v) is 10.6. The molecule has 1 fully saturated rings. The zero-order chi connectivity index (χ0) is 19.6. The number of pyridine rings is 1. The summed E-state index contributed by atoms with van der Waals surface area (Å²) in [5, 5.41) is 10.0. The number of amides is 1. The number of nitrogens with zero attached hydrogens (tertiary/aromatic N) is 1. The predicted molar refractivity (Wildman–Crippen MR) is 112 cm³/mol. The highest BCUT2D eigenvalue weighted by Crippen LogP contribution is 2.19. The highest BCUT2D eigenvalue weighted by molar-refractivity contribution is 5.99. The van der Waals surface area contributed by atoms with Crippen molar-refractivity contribution in [1.82, 2.24) is 15.6 Å². The van der Waals surface area contributed by atoms with Gasteiger partial charge in [-0.2, -0.15) is 0 Å². The SMILES string of the molecule is CCC(N)NC(=O)c1cc(C)cnc1NCCC(CC)NC1CCCCC1. The molecule has 27 heavy (non-hydrogen) atoms. The van der Waals surface area contributed by atoms with Crippen LogP contribution in [0, 0.1) is 6.92 Å². The molecule has 2 rings (SSSR count). The second-order valence-corrected chi connectivity index (χ2v) is 7.72. The molecule has 152 valence electrons. The number of anilines is 1. The maximum Gasteiger partial charge on any atom is 0.256 e. The van der Waals surface area contributed by atoms with Crippen molar-refractivity contribution in [1.29, 1.82) is 0 Å². The average Bonchev–Trinajstić information content (AvgIpc) is 2.68. The molecular weight excluding hydrogens is 338 g/mol. The van der Waals surface area contributed by atoms with E-state index in [4.69, 9.17) is 5.73 Å². The molecule has 0 spiro atoms. The van der Waals surface area contributed by atoms with Crippen LogP contribution in [0.3, 0.4) is 0 Å². The Hall–Kier alpha value is -1.66. The fraction of sp³-hybridized carbons (Fsp3) is 0.714. The summed E-state index contributed by atoms with van der Waals surface area (Å²) in [5.41, 5.74) is 7.39. The molecule has 0 aliphatic heterocycles. The lowest BCUT2D eigenvalue weighted by atomic mass is 9.94. The molecule has 0 aromatic carbocycles. The van der Waals surface area contributed by atoms with Gasteiger partial charge < -0.3 is 21.7 Å². The van der Waals surface area contributed by atoms with Gasteiger partial charge in [-0.25, -0.2) is 4.98 Å². The monoisotopic (exact) mass is 375 g/mol. The second-order valence-electron chi connectivity index (χ2n) is 7.72. The third-order valence-corrected chi connectivity index (χ3v) is 5.38. The van der Waals surface area contributed by atoms with E-state index in [1.807, 2.05) is 19.9 Å². The highest BCUT2D eigenvalue weighted by Gasteiger charge is 2.18. The molecule has 6 nitrogen and oxygen atoms in total. The number of nitrogens with one attached hydrogen (secondary N) is 3. The minimum Gasteiger partial charge on any atom is -0.369 e. The van der Waals surface area contributed by atoms with Crippen LogP contribution in [-0.4, -0.2) is 35.7 Å². The van der Waals surface area contributed by atoms with E-state index in [0.717, 1.165) is 24.9 Å². The van der Waals surface area contributed by atoms with Crippen molar-refractivity contribution in [3.05, 3.63) is 23.4 Å². The summed E-state index contributed by atoms with van der Waals surface area (Å²) in [6, 6.07) is 3.03. The van der Waals surface area contributed by atoms with Crippen LogP contribution in [0.25, 0.3) is 0 Å². The molecule has 1 amide bonds. The molecule has 0 bridgehead atoms. The van der Waals surface area contributed by atoms with Crippen molar-refractivity contribution in [2.75, 3.05) is 11.9 Å². The zero-order valence-electron chi connectivity index (χ0n) is 17.2. The molecule has 0 radical (unpaired) electrons. The average molecular weight is 376 g/mol. The van der Waals surface area contributed by atoms with Gasteiger partial charge in [0.1, 0.15) is 5.82 Å². The fourth-order valence-corrected chi connectivity index (χ4v) is 3.60. The standard InChI is InChI=1S/C21H37N5O/c1-4-16(25-17-9-7-6-8-10-17)11-12-23-20-18(13-15(3)14-24-20)21(27)26-19(22)5-2/h13-14,16-17,19,25H,4-12,22H2,1-3H3,(H,23,24)(H,26,27). The Labute approximate surface area is 164 Å². The van der Waals surface area contributed by atoms with Crippen LogP contribution in [0.15, 0.2) is 12.3 Å². The van der Waals surface area contributed by atoms with Gasteiger partial charge >= 0.3 is 0 Å². The molecule has 5 N–H and O–H groups in total. The summed E-state index contributed by atoms with van der Waals surface area (Å²) in [6.45, 7) is 6.90. The molecule has 1 saturated carbocycles. The van der Waals surface area contributed by atoms with Crippen LogP contribution >= 0.6 is 0 Å². The van der Waals surface area contributed by atoms with Crippen molar-refractivity contribution in [2.45, 2.75) is 90.4 Å². The molecule has 1 aliphatic carbocycles. The lowest BCUT2D eigenvalue weighted by Crippen LogP contribution is -2.41. The highest BCUT2D eigenvalue weighted by atomic mass is 16.1. The van der Waals surface area contributed by atoms with Crippen LogP contribution in [0.4, 0.5) is 5.82 Å². The van der Waals surface area contributed by atoms with Crippen molar-refractivity contribution in [3.63, 3.8) is 0 Å². The maximum absolute atomic E-state index is 12.5. The summed E-state index contributed by atoms with van der Waals surface area (Å²) in [4.78, 5) is 17.0. The van der Waals surface area contributed by atoms with Gasteiger partial charge in [0, 0.05) is 24.8 Å². The topological polar surface area (TPSA) is 92.1 Å². The molecule has 2 unspecified atom stereocenters. The molecule has 1 heterocycles. The number of rotatable bonds is 10. The fourth-order valence-electron chi connectivity index (χ4n) is 3.60. The Kier molecular flexibility index (Phi) is 9.01. The van der Waals surface area contributed by atoms with Gasteiger partial charge in [-0.15, -0.1) is 0 Å². The van der Waals surface area contributed by atoms with E-state index in [0.29, 0.717) is 29.9 Å². The minimum atomic E-state index is -0.338. The lowest BCUT2D eigenvalue weighted by Gasteiger charge is -2.28. The lowest BCUT2D eigenvalue weighted by molar-refractivity contribution is 0.0937. The number of aryl methyl sites for hydroxylation is 1. The van der Waals surface area contributed by atoms with Crippen LogP contribution < -0.4 is 21.7 Å². The van der Waals surface area contributed by atoms with Gasteiger partial charge in [0.05, 0.1) is 11.7 Å². The maximum atomic E-state index is 12.5. The van der Waals surface area contributed by atoms with Gasteiger partial charge in [-0.05, 0) is 50.7 Å². The summed E-state index contributed by atoms with van der Waals surface area (Å²) >= 11 is 0. The van der Waals surface area contributed by atoms with E-state index in [2.05, 4.69) is 27.9 Å². The van der Waals surface area contributed by atoms with Crippen molar-refractivity contribution >= 4 is 11.7 Å². The van der Waals surface area contributed by atoms with E-state index in [-0.39, 0.29) is 12.1 Å². The zero-order valence-corrected chi connectivity index (χ0v) is 17.2. The molecule has 0 saturated heterocycles. The smallest absolute Gasteiger partial charge is 0.256 e. The van der Waals surface area contributed by atoms with E-state index >= 15 is 0 Å². The van der Waals surface area contributed by atoms with E-state index in [1.54, 1.807) is 6.20 Å². The Bertz CT molecular complexity index is 586. The van der Waals surface area contributed by atoms with Crippen LogP contribution in [-0.2, 0) is 0 Å². The number of carbonyl (C=O) groups is 1. The normalized spacial score (nSPS) is 17.3. The Morgan fingerprint density at radius 1 is 1.26 bits per heavy atom. The minimum absolute atomic E-state index is 0.171. The van der Waals surface area contributed by atoms with E-state index in [9.17, 15) is 4.79 Å². The number of hydrogen-bond acceptors (Lipinski definition) is 5. The van der Waals surface area contributed by atoms with Crippen molar-refractivity contribution in [3.8, 4) is 0 Å². The molecule has 1 aromatic heterocycles. The van der Waals surface area contributed by atoms with Crippen molar-refractivity contribution < 1.29 is 4.79 Å². The van der Waals surface area contributed by atoms with Gasteiger partial charge in [-0.3, -0.25) is 4.79 Å². The Morgan fingerprint density at radius 3 is 2.67 bits per heavy atom. The van der Waals surface area contributed by atoms with Gasteiger partial charge in [-0.1, -0.05) is 33.1 Å². The Balaban J connectivity index is 1.91. The molecule has 1 aliphatic rings. The summed E-state index contributed by atoms with van der Waals surface area (Å²) in [5.74, 6) is 0.462. The first kappa shape index (κ1) is 21.6. The van der Waals surface area contributed by atoms with Crippen LogP contribution in [0.5, 0.6) is 0 Å². The van der Waals surface area contributed by atoms with Gasteiger partial charge in [0.25, 0.3) is 5.91 Å². The predicted octanol–water partition coefficient (Wildman–Crippen LogP) is 3.32. The molecule has 2 atom stereocenters. The quantitative estimate of drug-likeness (QED) is 0.471. The van der Waals surface area contributed by atoms with Crippen molar-refractivity contribution in [2.24, 2.45) is 5.73 Å². The third kappa shape index (κ3) is 7.11. The van der Waals surface area contributed by atoms with Crippen LogP contribution in [0.2, 0.25) is 0 Å². The van der Waals surface area contributed by atoms with Gasteiger partial charge in [0.2, 0.25) is 0 Å².